The molecule has 5 nitrogen and oxygen atoms in total. The van der Waals surface area contributed by atoms with E-state index in [0.717, 1.165) is 5.56 Å². The average molecular weight is 230 g/mol. The number of aromatic amines is 2. The van der Waals surface area contributed by atoms with E-state index in [1.54, 1.807) is 6.08 Å². The van der Waals surface area contributed by atoms with Crippen molar-refractivity contribution in [1.29, 1.82) is 0 Å². The smallest absolute Gasteiger partial charge is 0.328 e. The Morgan fingerprint density at radius 1 is 1.00 bits per heavy atom. The summed E-state index contributed by atoms with van der Waals surface area (Å²) < 4.78 is 0. The molecule has 1 heterocycles. The molecule has 0 amide bonds. The van der Waals surface area contributed by atoms with Crippen LogP contribution in [0.2, 0.25) is 0 Å². The van der Waals surface area contributed by atoms with Crippen molar-refractivity contribution < 1.29 is 5.11 Å². The van der Waals surface area contributed by atoms with Gasteiger partial charge in [-0.2, -0.15) is 0 Å². The van der Waals surface area contributed by atoms with E-state index < -0.39 is 17.1 Å². The van der Waals surface area contributed by atoms with Crippen LogP contribution in [0.3, 0.4) is 0 Å². The van der Waals surface area contributed by atoms with Crippen LogP contribution in [-0.4, -0.2) is 15.1 Å². The first-order chi connectivity index (χ1) is 8.16. The third kappa shape index (κ3) is 2.52. The molecule has 0 bridgehead atoms. The molecule has 0 radical (unpaired) electrons. The van der Waals surface area contributed by atoms with Gasteiger partial charge < -0.3 is 5.11 Å². The van der Waals surface area contributed by atoms with Gasteiger partial charge in [0, 0.05) is 0 Å². The Labute approximate surface area is 96.1 Å². The molecule has 1 aromatic carbocycles. The van der Waals surface area contributed by atoms with Crippen LogP contribution in [0.1, 0.15) is 11.1 Å². The molecule has 3 N–H and O–H groups in total. The van der Waals surface area contributed by atoms with Crippen LogP contribution in [0.25, 0.3) is 12.2 Å². The van der Waals surface area contributed by atoms with E-state index in [2.05, 4.69) is 4.98 Å². The summed E-state index contributed by atoms with van der Waals surface area (Å²) in [5, 5.41) is 9.42. The molecule has 0 saturated heterocycles. The van der Waals surface area contributed by atoms with E-state index in [1.807, 2.05) is 35.3 Å². The van der Waals surface area contributed by atoms with Crippen LogP contribution in [0, 0.1) is 0 Å². The Hall–Kier alpha value is -2.56. The van der Waals surface area contributed by atoms with Crippen LogP contribution in [0.15, 0.2) is 39.9 Å². The van der Waals surface area contributed by atoms with Crippen molar-refractivity contribution in [2.45, 2.75) is 0 Å². The fourth-order valence-corrected chi connectivity index (χ4v) is 1.38. The van der Waals surface area contributed by atoms with Crippen LogP contribution in [0.4, 0.5) is 0 Å². The Balaban J connectivity index is 2.41. The second-order valence-corrected chi connectivity index (χ2v) is 3.41. The topological polar surface area (TPSA) is 85.9 Å². The number of hydrogen-bond donors (Lipinski definition) is 3. The van der Waals surface area contributed by atoms with Gasteiger partial charge in [-0.05, 0) is 11.6 Å². The SMILES string of the molecule is O=c1[nH]c(O)c(C=Cc2ccccc2)c(=O)[nH]1. The van der Waals surface area contributed by atoms with Crippen LogP contribution in [-0.2, 0) is 0 Å². The minimum absolute atomic E-state index is 0.0217. The second-order valence-electron chi connectivity index (χ2n) is 3.41. The van der Waals surface area contributed by atoms with Gasteiger partial charge in [-0.3, -0.25) is 14.8 Å². The van der Waals surface area contributed by atoms with Crippen molar-refractivity contribution in [3.05, 3.63) is 62.3 Å². The zero-order chi connectivity index (χ0) is 12.3. The number of aromatic hydroxyl groups is 1. The first kappa shape index (κ1) is 10.9. The average Bonchev–Trinajstić information content (AvgIpc) is 2.29. The Morgan fingerprint density at radius 3 is 2.35 bits per heavy atom. The predicted molar refractivity (Wildman–Crippen MR) is 64.7 cm³/mol. The van der Waals surface area contributed by atoms with Gasteiger partial charge in [0.25, 0.3) is 5.56 Å². The third-order valence-electron chi connectivity index (χ3n) is 2.20. The lowest BCUT2D eigenvalue weighted by Crippen LogP contribution is -2.23. The Bertz CT molecular complexity index is 653. The molecule has 1 aromatic heterocycles. The van der Waals surface area contributed by atoms with Gasteiger partial charge in [-0.25, -0.2) is 4.79 Å². The van der Waals surface area contributed by atoms with E-state index >= 15 is 0 Å². The molecule has 0 unspecified atom stereocenters. The molecule has 0 saturated carbocycles. The maximum Gasteiger partial charge on any atom is 0.328 e. The van der Waals surface area contributed by atoms with Crippen molar-refractivity contribution in [2.24, 2.45) is 0 Å². The first-order valence-corrected chi connectivity index (χ1v) is 4.95. The number of rotatable bonds is 2. The van der Waals surface area contributed by atoms with Gasteiger partial charge in [0.2, 0.25) is 5.88 Å². The van der Waals surface area contributed by atoms with Crippen LogP contribution >= 0.6 is 0 Å². The molecule has 0 aliphatic carbocycles. The monoisotopic (exact) mass is 230 g/mol. The number of benzene rings is 1. The summed E-state index contributed by atoms with van der Waals surface area (Å²) in [6, 6.07) is 9.30. The van der Waals surface area contributed by atoms with E-state index in [-0.39, 0.29) is 5.56 Å². The largest absolute Gasteiger partial charge is 0.494 e. The van der Waals surface area contributed by atoms with Gasteiger partial charge in [-0.15, -0.1) is 0 Å². The summed E-state index contributed by atoms with van der Waals surface area (Å²) in [6.45, 7) is 0. The summed E-state index contributed by atoms with van der Waals surface area (Å²) in [6.07, 6.45) is 3.11. The Morgan fingerprint density at radius 2 is 1.71 bits per heavy atom. The minimum Gasteiger partial charge on any atom is -0.494 e. The molecule has 0 aliphatic heterocycles. The first-order valence-electron chi connectivity index (χ1n) is 4.95. The van der Waals surface area contributed by atoms with E-state index in [4.69, 9.17) is 0 Å². The highest BCUT2D eigenvalue weighted by Gasteiger charge is 2.03. The molecule has 0 fully saturated rings. The molecule has 2 aromatic rings. The van der Waals surface area contributed by atoms with Crippen LogP contribution < -0.4 is 11.2 Å². The fraction of sp³-hybridized carbons (Fsp3) is 0. The molecule has 17 heavy (non-hydrogen) atoms. The lowest BCUT2D eigenvalue weighted by atomic mass is 10.2. The molecule has 0 spiro atoms. The molecular formula is C12H10N2O3. The normalized spacial score (nSPS) is 10.8. The van der Waals surface area contributed by atoms with Crippen molar-refractivity contribution in [1.82, 2.24) is 9.97 Å². The third-order valence-corrected chi connectivity index (χ3v) is 2.20. The molecule has 0 atom stereocenters. The van der Waals surface area contributed by atoms with Crippen molar-refractivity contribution in [2.75, 3.05) is 0 Å². The Kier molecular flexibility index (Phi) is 2.91. The predicted octanol–water partition coefficient (Wildman–Crippen LogP) is 0.939. The van der Waals surface area contributed by atoms with Gasteiger partial charge >= 0.3 is 5.69 Å². The van der Waals surface area contributed by atoms with Crippen molar-refractivity contribution in [3.8, 4) is 5.88 Å². The van der Waals surface area contributed by atoms with Gasteiger partial charge in [0.15, 0.2) is 0 Å². The number of hydrogen-bond acceptors (Lipinski definition) is 3. The lowest BCUT2D eigenvalue weighted by Gasteiger charge is -1.96. The zero-order valence-corrected chi connectivity index (χ0v) is 8.81. The van der Waals surface area contributed by atoms with E-state index in [1.165, 1.54) is 6.08 Å². The van der Waals surface area contributed by atoms with E-state index in [0.29, 0.717) is 0 Å². The summed E-state index contributed by atoms with van der Waals surface area (Å²) in [4.78, 5) is 26.4. The summed E-state index contributed by atoms with van der Waals surface area (Å²) in [7, 11) is 0. The standard InChI is InChI=1S/C12H10N2O3/c15-10-9(11(16)14-12(17)13-10)7-6-8-4-2-1-3-5-8/h1-7H,(H3,13,14,15,16,17). The van der Waals surface area contributed by atoms with E-state index in [9.17, 15) is 14.7 Å². The molecule has 0 aliphatic rings. The highest BCUT2D eigenvalue weighted by molar-refractivity contribution is 5.70. The molecule has 86 valence electrons. The van der Waals surface area contributed by atoms with Gasteiger partial charge in [0.05, 0.1) is 5.56 Å². The highest BCUT2D eigenvalue weighted by atomic mass is 16.3. The van der Waals surface area contributed by atoms with Crippen molar-refractivity contribution >= 4 is 12.2 Å². The molecule has 2 rings (SSSR count). The molecule has 5 heteroatoms. The second kappa shape index (κ2) is 4.52. The van der Waals surface area contributed by atoms with Gasteiger partial charge in [-0.1, -0.05) is 36.4 Å². The summed E-state index contributed by atoms with van der Waals surface area (Å²) in [5.41, 5.74) is -0.450. The molecular weight excluding hydrogens is 220 g/mol. The number of aromatic nitrogens is 2. The maximum atomic E-state index is 11.4. The maximum absolute atomic E-state index is 11.4. The number of nitrogens with one attached hydrogen (secondary N) is 2. The quantitative estimate of drug-likeness (QED) is 0.717. The summed E-state index contributed by atoms with van der Waals surface area (Å²) >= 11 is 0. The van der Waals surface area contributed by atoms with Gasteiger partial charge in [0.1, 0.15) is 0 Å². The minimum atomic E-state index is -0.732. The van der Waals surface area contributed by atoms with Crippen LogP contribution in [0.5, 0.6) is 5.88 Å². The number of H-pyrrole nitrogens is 2. The highest BCUT2D eigenvalue weighted by Crippen LogP contribution is 2.10. The van der Waals surface area contributed by atoms with Crippen molar-refractivity contribution in [3.63, 3.8) is 0 Å². The fourth-order valence-electron chi connectivity index (χ4n) is 1.38. The zero-order valence-electron chi connectivity index (χ0n) is 8.81. The summed E-state index contributed by atoms with van der Waals surface area (Å²) in [5.74, 6) is -0.439. The lowest BCUT2D eigenvalue weighted by molar-refractivity contribution is 0.447.